The van der Waals surface area contributed by atoms with Crippen molar-refractivity contribution in [1.29, 1.82) is 0 Å². The van der Waals surface area contributed by atoms with Crippen LogP contribution >= 0.6 is 0 Å². The fourth-order valence-electron chi connectivity index (χ4n) is 2.19. The molecule has 4 nitrogen and oxygen atoms in total. The molecule has 2 aliphatic rings. The Bertz CT molecular complexity index is 430. The van der Waals surface area contributed by atoms with Crippen molar-refractivity contribution >= 4 is 5.91 Å². The number of piperidine rings is 1. The predicted molar refractivity (Wildman–Crippen MR) is 57.3 cm³/mol. The highest BCUT2D eigenvalue weighted by Gasteiger charge is 2.22. The Hall–Kier alpha value is -1.71. The third-order valence-corrected chi connectivity index (χ3v) is 3.03. The maximum Gasteiger partial charge on any atom is 0.231 e. The fourth-order valence-corrected chi connectivity index (χ4v) is 2.19. The maximum absolute atomic E-state index is 11.3. The molecule has 0 aliphatic carbocycles. The number of fused-ring (bicyclic) bond motifs is 1. The molecule has 1 N–H and O–H groups in total. The Labute approximate surface area is 93.5 Å². The summed E-state index contributed by atoms with van der Waals surface area (Å²) in [4.78, 5) is 11.3. The van der Waals surface area contributed by atoms with E-state index in [1.54, 1.807) is 0 Å². The summed E-state index contributed by atoms with van der Waals surface area (Å²) in [6.45, 7) is 0.288. The molecule has 4 heteroatoms. The van der Waals surface area contributed by atoms with Gasteiger partial charge in [-0.25, -0.2) is 0 Å². The first-order valence-corrected chi connectivity index (χ1v) is 5.52. The molecular formula is C12H13NO3. The minimum absolute atomic E-state index is 0.121. The Balaban J connectivity index is 1.86. The first-order chi connectivity index (χ1) is 7.83. The Morgan fingerprint density at radius 3 is 3.00 bits per heavy atom. The third kappa shape index (κ3) is 1.60. The molecule has 1 saturated heterocycles. The summed E-state index contributed by atoms with van der Waals surface area (Å²) in [5.74, 6) is 1.69. The topological polar surface area (TPSA) is 47.6 Å². The van der Waals surface area contributed by atoms with E-state index in [1.165, 1.54) is 0 Å². The van der Waals surface area contributed by atoms with Gasteiger partial charge < -0.3 is 14.8 Å². The van der Waals surface area contributed by atoms with Gasteiger partial charge in [0.05, 0.1) is 6.04 Å². The SMILES string of the molecule is O=C1CCC[C@@H](c2ccc3c(c2)OCO3)N1. The van der Waals surface area contributed by atoms with Crippen molar-refractivity contribution in [2.24, 2.45) is 0 Å². The van der Waals surface area contributed by atoms with E-state index < -0.39 is 0 Å². The molecule has 1 aromatic carbocycles. The van der Waals surface area contributed by atoms with Gasteiger partial charge in [-0.05, 0) is 30.5 Å². The summed E-state index contributed by atoms with van der Waals surface area (Å²) in [6, 6.07) is 5.97. The summed E-state index contributed by atoms with van der Waals surface area (Å²) in [6.07, 6.45) is 2.58. The van der Waals surface area contributed by atoms with Crippen LogP contribution in [0.4, 0.5) is 0 Å². The summed E-state index contributed by atoms with van der Waals surface area (Å²) >= 11 is 0. The van der Waals surface area contributed by atoms with Gasteiger partial charge in [0.2, 0.25) is 12.7 Å². The van der Waals surface area contributed by atoms with Crippen LogP contribution in [-0.4, -0.2) is 12.7 Å². The Morgan fingerprint density at radius 2 is 2.12 bits per heavy atom. The summed E-state index contributed by atoms with van der Waals surface area (Å²) < 4.78 is 10.6. The lowest BCUT2D eigenvalue weighted by Gasteiger charge is -2.23. The lowest BCUT2D eigenvalue weighted by Crippen LogP contribution is -2.32. The van der Waals surface area contributed by atoms with Gasteiger partial charge in [0.1, 0.15) is 0 Å². The van der Waals surface area contributed by atoms with Gasteiger partial charge in [0, 0.05) is 6.42 Å². The highest BCUT2D eigenvalue weighted by molar-refractivity contribution is 5.77. The van der Waals surface area contributed by atoms with E-state index in [2.05, 4.69) is 5.32 Å². The van der Waals surface area contributed by atoms with Crippen molar-refractivity contribution in [3.05, 3.63) is 23.8 Å². The standard InChI is InChI=1S/C12H13NO3/c14-12-3-1-2-9(13-12)8-4-5-10-11(6-8)16-7-15-10/h4-6,9H,1-3,7H2,(H,13,14)/t9-/m0/s1. The van der Waals surface area contributed by atoms with Crippen LogP contribution in [0.5, 0.6) is 11.5 Å². The maximum atomic E-state index is 11.3. The number of hydrogen-bond acceptors (Lipinski definition) is 3. The number of carbonyl (C=O) groups excluding carboxylic acids is 1. The minimum atomic E-state index is 0.121. The van der Waals surface area contributed by atoms with Crippen LogP contribution in [-0.2, 0) is 4.79 Å². The smallest absolute Gasteiger partial charge is 0.231 e. The molecule has 0 bridgehead atoms. The van der Waals surface area contributed by atoms with Crippen LogP contribution in [0.3, 0.4) is 0 Å². The number of benzene rings is 1. The Morgan fingerprint density at radius 1 is 1.25 bits per heavy atom. The highest BCUT2D eigenvalue weighted by Crippen LogP contribution is 2.35. The van der Waals surface area contributed by atoms with Crippen LogP contribution in [0.15, 0.2) is 18.2 Å². The highest BCUT2D eigenvalue weighted by atomic mass is 16.7. The van der Waals surface area contributed by atoms with Gasteiger partial charge in [-0.3, -0.25) is 4.79 Å². The van der Waals surface area contributed by atoms with Gasteiger partial charge in [0.25, 0.3) is 0 Å². The van der Waals surface area contributed by atoms with Crippen LogP contribution < -0.4 is 14.8 Å². The molecule has 2 aliphatic heterocycles. The number of rotatable bonds is 1. The van der Waals surface area contributed by atoms with Gasteiger partial charge in [-0.15, -0.1) is 0 Å². The van der Waals surface area contributed by atoms with Crippen LogP contribution in [0.2, 0.25) is 0 Å². The molecule has 1 fully saturated rings. The number of ether oxygens (including phenoxy) is 2. The van der Waals surface area contributed by atoms with Crippen LogP contribution in [0.25, 0.3) is 0 Å². The van der Waals surface area contributed by atoms with Gasteiger partial charge in [-0.2, -0.15) is 0 Å². The second-order valence-electron chi connectivity index (χ2n) is 4.13. The normalized spacial score (nSPS) is 23.0. The molecular weight excluding hydrogens is 206 g/mol. The molecule has 16 heavy (non-hydrogen) atoms. The predicted octanol–water partition coefficient (Wildman–Crippen LogP) is 1.76. The van der Waals surface area contributed by atoms with E-state index >= 15 is 0 Å². The number of hydrogen-bond donors (Lipinski definition) is 1. The molecule has 84 valence electrons. The van der Waals surface area contributed by atoms with E-state index in [1.807, 2.05) is 18.2 Å². The first-order valence-electron chi connectivity index (χ1n) is 5.52. The zero-order valence-electron chi connectivity index (χ0n) is 8.86. The second kappa shape index (κ2) is 3.70. The molecule has 0 aromatic heterocycles. The Kier molecular flexibility index (Phi) is 2.20. The van der Waals surface area contributed by atoms with E-state index in [4.69, 9.17) is 9.47 Å². The monoisotopic (exact) mass is 219 g/mol. The molecule has 3 rings (SSSR count). The molecule has 2 heterocycles. The fraction of sp³-hybridized carbons (Fsp3) is 0.417. The molecule has 0 unspecified atom stereocenters. The molecule has 1 amide bonds. The molecule has 0 radical (unpaired) electrons. The van der Waals surface area contributed by atoms with Crippen molar-refractivity contribution < 1.29 is 14.3 Å². The largest absolute Gasteiger partial charge is 0.454 e. The number of carbonyl (C=O) groups is 1. The molecule has 0 saturated carbocycles. The molecule has 1 atom stereocenters. The van der Waals surface area contributed by atoms with Gasteiger partial charge in [0.15, 0.2) is 11.5 Å². The lowest BCUT2D eigenvalue weighted by molar-refractivity contribution is -0.123. The average Bonchev–Trinajstić information content (AvgIpc) is 2.75. The van der Waals surface area contributed by atoms with Crippen molar-refractivity contribution in [3.8, 4) is 11.5 Å². The van der Waals surface area contributed by atoms with E-state index in [9.17, 15) is 4.79 Å². The molecule has 0 spiro atoms. The summed E-state index contributed by atoms with van der Waals surface area (Å²) in [5.41, 5.74) is 1.09. The zero-order chi connectivity index (χ0) is 11.0. The summed E-state index contributed by atoms with van der Waals surface area (Å²) in [5, 5.41) is 2.99. The van der Waals surface area contributed by atoms with E-state index in [0.717, 1.165) is 29.9 Å². The van der Waals surface area contributed by atoms with Crippen LogP contribution in [0, 0.1) is 0 Å². The number of nitrogens with one attached hydrogen (secondary N) is 1. The zero-order valence-corrected chi connectivity index (χ0v) is 8.86. The minimum Gasteiger partial charge on any atom is -0.454 e. The third-order valence-electron chi connectivity index (χ3n) is 3.03. The number of amides is 1. The molecule has 1 aromatic rings. The first kappa shape index (κ1) is 9.51. The van der Waals surface area contributed by atoms with E-state index in [-0.39, 0.29) is 18.7 Å². The summed E-state index contributed by atoms with van der Waals surface area (Å²) in [7, 11) is 0. The van der Waals surface area contributed by atoms with Gasteiger partial charge >= 0.3 is 0 Å². The van der Waals surface area contributed by atoms with Crippen molar-refractivity contribution in [1.82, 2.24) is 5.32 Å². The van der Waals surface area contributed by atoms with Crippen molar-refractivity contribution in [3.63, 3.8) is 0 Å². The lowest BCUT2D eigenvalue weighted by atomic mass is 9.97. The quantitative estimate of drug-likeness (QED) is 0.782. The van der Waals surface area contributed by atoms with Gasteiger partial charge in [-0.1, -0.05) is 6.07 Å². The second-order valence-corrected chi connectivity index (χ2v) is 4.13. The van der Waals surface area contributed by atoms with Crippen molar-refractivity contribution in [2.45, 2.75) is 25.3 Å². The average molecular weight is 219 g/mol. The van der Waals surface area contributed by atoms with Crippen molar-refractivity contribution in [2.75, 3.05) is 6.79 Å². The van der Waals surface area contributed by atoms with E-state index in [0.29, 0.717) is 6.42 Å². The van der Waals surface area contributed by atoms with Crippen LogP contribution in [0.1, 0.15) is 30.9 Å².